The average Bonchev–Trinajstić information content (AvgIpc) is 2.78. The standard InChI is InChI=1S/C10H12N2O3S/c13-9(12-5-3-11-4-6-12)7-1-2-8(16-7)10(14)15/h1-2,11H,3-6H2,(H,14,15). The first-order valence-electron chi connectivity index (χ1n) is 5.01. The highest BCUT2D eigenvalue weighted by molar-refractivity contribution is 7.15. The number of nitrogens with one attached hydrogen (secondary N) is 1. The highest BCUT2D eigenvalue weighted by atomic mass is 32.1. The van der Waals surface area contributed by atoms with Gasteiger partial charge in [0.05, 0.1) is 4.88 Å². The molecule has 1 aromatic heterocycles. The Balaban J connectivity index is 2.10. The summed E-state index contributed by atoms with van der Waals surface area (Å²) in [4.78, 5) is 25.1. The molecule has 1 aromatic rings. The number of rotatable bonds is 2. The highest BCUT2D eigenvalue weighted by Gasteiger charge is 2.20. The number of hydrogen-bond acceptors (Lipinski definition) is 4. The van der Waals surface area contributed by atoms with Gasteiger partial charge in [-0.2, -0.15) is 0 Å². The minimum Gasteiger partial charge on any atom is -0.477 e. The third-order valence-electron chi connectivity index (χ3n) is 2.43. The fraction of sp³-hybridized carbons (Fsp3) is 0.400. The van der Waals surface area contributed by atoms with E-state index in [-0.39, 0.29) is 10.8 Å². The Morgan fingerprint density at radius 1 is 1.25 bits per heavy atom. The van der Waals surface area contributed by atoms with E-state index < -0.39 is 5.97 Å². The van der Waals surface area contributed by atoms with Gasteiger partial charge in [0.15, 0.2) is 0 Å². The minimum atomic E-state index is -0.982. The Labute approximate surface area is 96.7 Å². The van der Waals surface area contributed by atoms with Gasteiger partial charge in [0.25, 0.3) is 5.91 Å². The summed E-state index contributed by atoms with van der Waals surface area (Å²) in [5.41, 5.74) is 0. The Hall–Kier alpha value is -1.40. The lowest BCUT2D eigenvalue weighted by Crippen LogP contribution is -2.46. The third-order valence-corrected chi connectivity index (χ3v) is 3.49. The number of thiophene rings is 1. The molecule has 0 radical (unpaired) electrons. The summed E-state index contributed by atoms with van der Waals surface area (Å²) in [6.45, 7) is 2.95. The molecule has 0 spiro atoms. The van der Waals surface area contributed by atoms with Crippen LogP contribution in [0, 0.1) is 0 Å². The number of carbonyl (C=O) groups excluding carboxylic acids is 1. The van der Waals surface area contributed by atoms with Gasteiger partial charge in [-0.05, 0) is 12.1 Å². The molecule has 2 rings (SSSR count). The molecule has 86 valence electrons. The van der Waals surface area contributed by atoms with E-state index in [0.29, 0.717) is 18.0 Å². The smallest absolute Gasteiger partial charge is 0.345 e. The van der Waals surface area contributed by atoms with Crippen molar-refractivity contribution in [2.24, 2.45) is 0 Å². The number of aromatic carboxylic acids is 1. The molecule has 1 fully saturated rings. The number of piperazine rings is 1. The molecule has 0 aliphatic carbocycles. The van der Waals surface area contributed by atoms with E-state index in [0.717, 1.165) is 24.4 Å². The van der Waals surface area contributed by atoms with Gasteiger partial charge >= 0.3 is 5.97 Å². The maximum absolute atomic E-state index is 12.0. The Bertz CT molecular complexity index is 410. The fourth-order valence-electron chi connectivity index (χ4n) is 1.59. The van der Waals surface area contributed by atoms with E-state index in [4.69, 9.17) is 5.11 Å². The van der Waals surface area contributed by atoms with Gasteiger partial charge < -0.3 is 15.3 Å². The van der Waals surface area contributed by atoms with Crippen LogP contribution in [0.15, 0.2) is 12.1 Å². The summed E-state index contributed by atoms with van der Waals surface area (Å²) in [6.07, 6.45) is 0. The van der Waals surface area contributed by atoms with Crippen LogP contribution in [0.2, 0.25) is 0 Å². The normalized spacial score (nSPS) is 16.1. The zero-order valence-corrected chi connectivity index (χ0v) is 9.42. The predicted octanol–water partition coefficient (Wildman–Crippen LogP) is 0.492. The Morgan fingerprint density at radius 3 is 2.44 bits per heavy atom. The second kappa shape index (κ2) is 4.63. The van der Waals surface area contributed by atoms with Gasteiger partial charge in [-0.3, -0.25) is 4.79 Å². The molecule has 0 atom stereocenters. The van der Waals surface area contributed by atoms with Crippen LogP contribution in [0.4, 0.5) is 0 Å². The van der Waals surface area contributed by atoms with E-state index in [1.54, 1.807) is 11.0 Å². The van der Waals surface area contributed by atoms with Crippen molar-refractivity contribution in [1.29, 1.82) is 0 Å². The predicted molar refractivity (Wildman–Crippen MR) is 60.1 cm³/mol. The number of carbonyl (C=O) groups is 2. The molecular weight excluding hydrogens is 228 g/mol. The molecule has 5 nitrogen and oxygen atoms in total. The summed E-state index contributed by atoms with van der Waals surface area (Å²) in [7, 11) is 0. The molecule has 1 aliphatic rings. The van der Waals surface area contributed by atoms with Crippen molar-refractivity contribution < 1.29 is 14.7 Å². The van der Waals surface area contributed by atoms with Crippen molar-refractivity contribution in [3.05, 3.63) is 21.9 Å². The monoisotopic (exact) mass is 240 g/mol. The first kappa shape index (κ1) is 11.1. The lowest BCUT2D eigenvalue weighted by atomic mass is 10.3. The van der Waals surface area contributed by atoms with Crippen LogP contribution < -0.4 is 5.32 Å². The maximum Gasteiger partial charge on any atom is 0.345 e. The number of hydrogen-bond donors (Lipinski definition) is 2. The van der Waals surface area contributed by atoms with Gasteiger partial charge in [-0.25, -0.2) is 4.79 Å². The quantitative estimate of drug-likeness (QED) is 0.789. The second-order valence-electron chi connectivity index (χ2n) is 3.51. The topological polar surface area (TPSA) is 69.6 Å². The van der Waals surface area contributed by atoms with Crippen LogP contribution in [-0.2, 0) is 0 Å². The maximum atomic E-state index is 12.0. The largest absolute Gasteiger partial charge is 0.477 e. The molecule has 2 N–H and O–H groups in total. The average molecular weight is 240 g/mol. The van der Waals surface area contributed by atoms with Crippen LogP contribution in [0.3, 0.4) is 0 Å². The van der Waals surface area contributed by atoms with Crippen LogP contribution in [0.25, 0.3) is 0 Å². The molecule has 16 heavy (non-hydrogen) atoms. The van der Waals surface area contributed by atoms with Crippen molar-refractivity contribution in [2.75, 3.05) is 26.2 Å². The zero-order valence-electron chi connectivity index (χ0n) is 8.60. The molecule has 0 aromatic carbocycles. The van der Waals surface area contributed by atoms with E-state index >= 15 is 0 Å². The van der Waals surface area contributed by atoms with Gasteiger partial charge in [0.1, 0.15) is 4.88 Å². The molecule has 2 heterocycles. The summed E-state index contributed by atoms with van der Waals surface area (Å²) in [6, 6.07) is 3.06. The molecule has 6 heteroatoms. The van der Waals surface area contributed by atoms with Gasteiger partial charge in [0.2, 0.25) is 0 Å². The summed E-state index contributed by atoms with van der Waals surface area (Å²) in [5, 5.41) is 11.9. The zero-order chi connectivity index (χ0) is 11.5. The van der Waals surface area contributed by atoms with Crippen LogP contribution in [-0.4, -0.2) is 48.1 Å². The van der Waals surface area contributed by atoms with E-state index in [9.17, 15) is 9.59 Å². The molecule has 0 bridgehead atoms. The fourth-order valence-corrected chi connectivity index (χ4v) is 2.40. The van der Waals surface area contributed by atoms with E-state index in [1.165, 1.54) is 6.07 Å². The van der Waals surface area contributed by atoms with Crippen LogP contribution in [0.1, 0.15) is 19.3 Å². The van der Waals surface area contributed by atoms with Crippen molar-refractivity contribution in [3.8, 4) is 0 Å². The number of carboxylic acid groups (broad SMARTS) is 1. The van der Waals surface area contributed by atoms with Gasteiger partial charge in [0, 0.05) is 26.2 Å². The van der Waals surface area contributed by atoms with Crippen molar-refractivity contribution in [1.82, 2.24) is 10.2 Å². The molecule has 0 unspecified atom stereocenters. The van der Waals surface area contributed by atoms with E-state index in [2.05, 4.69) is 5.32 Å². The van der Waals surface area contributed by atoms with Crippen LogP contribution in [0.5, 0.6) is 0 Å². The highest BCUT2D eigenvalue weighted by Crippen LogP contribution is 2.18. The number of carboxylic acids is 1. The lowest BCUT2D eigenvalue weighted by Gasteiger charge is -2.26. The van der Waals surface area contributed by atoms with Crippen molar-refractivity contribution in [3.63, 3.8) is 0 Å². The Kier molecular flexibility index (Phi) is 3.21. The van der Waals surface area contributed by atoms with Crippen LogP contribution >= 0.6 is 11.3 Å². The van der Waals surface area contributed by atoms with Gasteiger partial charge in [-0.15, -0.1) is 11.3 Å². The minimum absolute atomic E-state index is 0.0704. The second-order valence-corrected chi connectivity index (χ2v) is 4.60. The number of nitrogens with zero attached hydrogens (tertiary/aromatic N) is 1. The lowest BCUT2D eigenvalue weighted by molar-refractivity contribution is 0.0701. The molecule has 0 saturated carbocycles. The van der Waals surface area contributed by atoms with E-state index in [1.807, 2.05) is 0 Å². The third kappa shape index (κ3) is 2.23. The summed E-state index contributed by atoms with van der Waals surface area (Å²) < 4.78 is 0. The molecule has 1 saturated heterocycles. The molecule has 1 amide bonds. The molecular formula is C10H12N2O3S. The SMILES string of the molecule is O=C(O)c1ccc(C(=O)N2CCNCC2)s1. The summed E-state index contributed by atoms with van der Waals surface area (Å²) in [5.74, 6) is -1.05. The summed E-state index contributed by atoms with van der Waals surface area (Å²) >= 11 is 1.03. The Morgan fingerprint density at radius 2 is 1.88 bits per heavy atom. The molecule has 1 aliphatic heterocycles. The van der Waals surface area contributed by atoms with Crippen molar-refractivity contribution >= 4 is 23.2 Å². The van der Waals surface area contributed by atoms with Crippen molar-refractivity contribution in [2.45, 2.75) is 0 Å². The first-order chi connectivity index (χ1) is 7.68. The first-order valence-corrected chi connectivity index (χ1v) is 5.83. The van der Waals surface area contributed by atoms with Gasteiger partial charge in [-0.1, -0.05) is 0 Å². The number of amides is 1.